The lowest BCUT2D eigenvalue weighted by Gasteiger charge is -1.96. The molecule has 0 aliphatic rings. The van der Waals surface area contributed by atoms with Gasteiger partial charge in [0.1, 0.15) is 15.1 Å². The second kappa shape index (κ2) is 3.04. The summed E-state index contributed by atoms with van der Waals surface area (Å²) in [6.07, 6.45) is 0. The molecule has 0 saturated carbocycles. The molecule has 1 heterocycles. The van der Waals surface area contributed by atoms with Gasteiger partial charge in [0, 0.05) is 0 Å². The molecule has 1 rings (SSSR count). The SMILES string of the molecule is O=C(O)c1ccc(O)c(I)n1. The van der Waals surface area contributed by atoms with Crippen molar-refractivity contribution >= 4 is 28.6 Å². The van der Waals surface area contributed by atoms with Gasteiger partial charge in [-0.2, -0.15) is 0 Å². The number of rotatable bonds is 1. The monoisotopic (exact) mass is 265 g/mol. The predicted octanol–water partition coefficient (Wildman–Crippen LogP) is 1.09. The fraction of sp³-hybridized carbons (Fsp3) is 0. The van der Waals surface area contributed by atoms with Crippen LogP contribution < -0.4 is 0 Å². The van der Waals surface area contributed by atoms with Gasteiger partial charge in [0.25, 0.3) is 0 Å². The van der Waals surface area contributed by atoms with Crippen LogP contribution in [-0.4, -0.2) is 21.2 Å². The van der Waals surface area contributed by atoms with Gasteiger partial charge in [-0.1, -0.05) is 0 Å². The van der Waals surface area contributed by atoms with Gasteiger partial charge < -0.3 is 10.2 Å². The highest BCUT2D eigenvalue weighted by Gasteiger charge is 2.06. The average molecular weight is 265 g/mol. The van der Waals surface area contributed by atoms with E-state index in [1.165, 1.54) is 12.1 Å². The maximum absolute atomic E-state index is 10.3. The van der Waals surface area contributed by atoms with Crippen LogP contribution in [0.15, 0.2) is 12.1 Å². The topological polar surface area (TPSA) is 70.4 Å². The molecule has 2 N–H and O–H groups in total. The Balaban J connectivity index is 3.15. The van der Waals surface area contributed by atoms with Gasteiger partial charge in [-0.05, 0) is 34.7 Å². The number of carboxylic acids is 1. The van der Waals surface area contributed by atoms with Crippen molar-refractivity contribution in [1.82, 2.24) is 4.98 Å². The van der Waals surface area contributed by atoms with Gasteiger partial charge >= 0.3 is 5.97 Å². The van der Waals surface area contributed by atoms with E-state index in [9.17, 15) is 4.79 Å². The number of aromatic hydroxyl groups is 1. The Morgan fingerprint density at radius 1 is 1.55 bits per heavy atom. The number of carboxylic acid groups (broad SMARTS) is 1. The molecule has 0 amide bonds. The van der Waals surface area contributed by atoms with Crippen molar-refractivity contribution < 1.29 is 15.0 Å². The van der Waals surface area contributed by atoms with E-state index in [2.05, 4.69) is 4.98 Å². The Morgan fingerprint density at radius 3 is 2.64 bits per heavy atom. The first-order valence-electron chi connectivity index (χ1n) is 2.70. The second-order valence-corrected chi connectivity index (χ2v) is 2.83. The molecule has 5 heteroatoms. The van der Waals surface area contributed by atoms with Crippen LogP contribution in [0.1, 0.15) is 10.5 Å². The zero-order valence-corrected chi connectivity index (χ0v) is 7.44. The van der Waals surface area contributed by atoms with Crippen LogP contribution >= 0.6 is 22.6 Å². The van der Waals surface area contributed by atoms with Crippen LogP contribution in [0.25, 0.3) is 0 Å². The minimum absolute atomic E-state index is 0.00407. The lowest BCUT2D eigenvalue weighted by molar-refractivity contribution is 0.0690. The summed E-state index contributed by atoms with van der Waals surface area (Å²) in [6.45, 7) is 0. The highest BCUT2D eigenvalue weighted by Crippen LogP contribution is 2.16. The van der Waals surface area contributed by atoms with Crippen molar-refractivity contribution in [1.29, 1.82) is 0 Å². The van der Waals surface area contributed by atoms with Crippen LogP contribution in [-0.2, 0) is 0 Å². The van der Waals surface area contributed by atoms with E-state index >= 15 is 0 Å². The zero-order chi connectivity index (χ0) is 8.43. The Kier molecular flexibility index (Phi) is 2.28. The fourth-order valence-electron chi connectivity index (χ4n) is 0.546. The zero-order valence-electron chi connectivity index (χ0n) is 5.28. The van der Waals surface area contributed by atoms with Gasteiger partial charge in [0.05, 0.1) is 0 Å². The first-order chi connectivity index (χ1) is 5.11. The molecule has 11 heavy (non-hydrogen) atoms. The number of hydrogen-bond acceptors (Lipinski definition) is 3. The Labute approximate surface area is 76.0 Å². The smallest absolute Gasteiger partial charge is 0.354 e. The van der Waals surface area contributed by atoms with E-state index in [1.54, 1.807) is 22.6 Å². The summed E-state index contributed by atoms with van der Waals surface area (Å²) in [7, 11) is 0. The first-order valence-corrected chi connectivity index (χ1v) is 3.78. The fourth-order valence-corrected chi connectivity index (χ4v) is 0.986. The van der Waals surface area contributed by atoms with E-state index in [0.29, 0.717) is 3.70 Å². The summed E-state index contributed by atoms with van der Waals surface area (Å²) in [4.78, 5) is 13.9. The minimum atomic E-state index is -1.09. The van der Waals surface area contributed by atoms with Gasteiger partial charge in [-0.15, -0.1) is 0 Å². The normalized spacial score (nSPS) is 9.55. The molecule has 0 radical (unpaired) electrons. The predicted molar refractivity (Wildman–Crippen MR) is 45.6 cm³/mol. The molecule has 0 saturated heterocycles. The van der Waals surface area contributed by atoms with E-state index in [0.717, 1.165) is 0 Å². The van der Waals surface area contributed by atoms with Gasteiger partial charge in [-0.3, -0.25) is 0 Å². The molecule has 0 aliphatic carbocycles. The Hall–Kier alpha value is -0.850. The number of aromatic carboxylic acids is 1. The van der Waals surface area contributed by atoms with Crippen LogP contribution in [0, 0.1) is 3.70 Å². The summed E-state index contributed by atoms with van der Waals surface area (Å²) < 4.78 is 0.294. The lowest BCUT2D eigenvalue weighted by atomic mass is 10.3. The van der Waals surface area contributed by atoms with Crippen LogP contribution in [0.2, 0.25) is 0 Å². The van der Waals surface area contributed by atoms with Crippen LogP contribution in [0.4, 0.5) is 0 Å². The summed E-state index contributed by atoms with van der Waals surface area (Å²) in [5.41, 5.74) is -0.0628. The Bertz CT molecular complexity index is 300. The third kappa shape index (κ3) is 1.79. The maximum Gasteiger partial charge on any atom is 0.354 e. The molecule has 0 aliphatic heterocycles. The number of nitrogens with zero attached hydrogens (tertiary/aromatic N) is 1. The third-order valence-electron chi connectivity index (χ3n) is 1.05. The van der Waals surface area contributed by atoms with Crippen molar-refractivity contribution in [2.45, 2.75) is 0 Å². The van der Waals surface area contributed by atoms with Crippen molar-refractivity contribution in [2.75, 3.05) is 0 Å². The molecule has 4 nitrogen and oxygen atoms in total. The van der Waals surface area contributed by atoms with Gasteiger partial charge in [-0.25, -0.2) is 9.78 Å². The molecule has 0 spiro atoms. The van der Waals surface area contributed by atoms with E-state index in [4.69, 9.17) is 10.2 Å². The number of carbonyl (C=O) groups is 1. The molecule has 1 aromatic rings. The standard InChI is InChI=1S/C6H4INO3/c7-5-4(9)2-1-3(8-5)6(10)11/h1-2,9H,(H,10,11). The average Bonchev–Trinajstić information content (AvgIpc) is 1.94. The summed E-state index contributed by atoms with van der Waals surface area (Å²) in [5, 5.41) is 17.4. The summed E-state index contributed by atoms with van der Waals surface area (Å²) in [5.74, 6) is -1.10. The van der Waals surface area contributed by atoms with Gasteiger partial charge in [0.2, 0.25) is 0 Å². The Morgan fingerprint density at radius 2 is 2.18 bits per heavy atom. The maximum atomic E-state index is 10.3. The highest BCUT2D eigenvalue weighted by atomic mass is 127. The summed E-state index contributed by atoms with van der Waals surface area (Å²) in [6, 6.07) is 2.55. The molecular formula is C6H4INO3. The third-order valence-corrected chi connectivity index (χ3v) is 1.84. The molecule has 0 fully saturated rings. The quantitative estimate of drug-likeness (QED) is 0.589. The number of halogens is 1. The van der Waals surface area contributed by atoms with E-state index < -0.39 is 5.97 Å². The molecule has 0 bridgehead atoms. The largest absolute Gasteiger partial charge is 0.505 e. The van der Waals surface area contributed by atoms with Gasteiger partial charge in [0.15, 0.2) is 0 Å². The van der Waals surface area contributed by atoms with E-state index in [-0.39, 0.29) is 11.4 Å². The van der Waals surface area contributed by atoms with E-state index in [1.807, 2.05) is 0 Å². The number of pyridine rings is 1. The second-order valence-electron chi connectivity index (χ2n) is 1.81. The van der Waals surface area contributed by atoms with Crippen molar-refractivity contribution in [3.8, 4) is 5.75 Å². The first kappa shape index (κ1) is 8.25. The molecule has 1 aromatic heterocycles. The molecular weight excluding hydrogens is 261 g/mol. The van der Waals surface area contributed by atoms with Crippen LogP contribution in [0.3, 0.4) is 0 Å². The lowest BCUT2D eigenvalue weighted by Crippen LogP contribution is -2.00. The molecule has 0 unspecified atom stereocenters. The summed E-state index contributed by atoms with van der Waals surface area (Å²) >= 11 is 1.76. The number of hydrogen-bond donors (Lipinski definition) is 2. The highest BCUT2D eigenvalue weighted by molar-refractivity contribution is 14.1. The molecule has 0 atom stereocenters. The van der Waals surface area contributed by atoms with Crippen molar-refractivity contribution in [2.24, 2.45) is 0 Å². The minimum Gasteiger partial charge on any atom is -0.505 e. The molecule has 58 valence electrons. The number of aromatic nitrogens is 1. The van der Waals surface area contributed by atoms with Crippen molar-refractivity contribution in [3.05, 3.63) is 21.5 Å². The van der Waals surface area contributed by atoms with Crippen molar-refractivity contribution in [3.63, 3.8) is 0 Å². The van der Waals surface area contributed by atoms with Crippen LogP contribution in [0.5, 0.6) is 5.75 Å². The molecule has 0 aromatic carbocycles.